The molecule has 2 saturated heterocycles. The highest BCUT2D eigenvalue weighted by Crippen LogP contribution is 2.32. The molecule has 0 aromatic heterocycles. The Bertz CT molecular complexity index is 910. The molecule has 6 heteroatoms. The average molecular weight is 439 g/mol. The van der Waals surface area contributed by atoms with Crippen LogP contribution in [-0.4, -0.2) is 54.5 Å². The Morgan fingerprint density at radius 2 is 1.62 bits per heavy atom. The first kappa shape index (κ1) is 22.5. The molecule has 2 aliphatic heterocycles. The minimum Gasteiger partial charge on any atom is -0.466 e. The minimum absolute atomic E-state index is 0.0520. The maximum atomic E-state index is 13.4. The predicted octanol–water partition coefficient (Wildman–Crippen LogP) is 3.84. The van der Waals surface area contributed by atoms with Crippen molar-refractivity contribution < 1.29 is 18.7 Å². The highest BCUT2D eigenvalue weighted by atomic mass is 19.1. The van der Waals surface area contributed by atoms with Crippen LogP contribution in [-0.2, 0) is 20.9 Å². The van der Waals surface area contributed by atoms with Crippen LogP contribution in [0.4, 0.5) is 4.39 Å². The number of ether oxygens (including phenoxy) is 1. The van der Waals surface area contributed by atoms with Gasteiger partial charge in [-0.2, -0.15) is 0 Å². The summed E-state index contributed by atoms with van der Waals surface area (Å²) in [6.07, 6.45) is 1.70. The number of rotatable bonds is 6. The maximum absolute atomic E-state index is 13.4. The monoisotopic (exact) mass is 438 g/mol. The van der Waals surface area contributed by atoms with E-state index in [2.05, 4.69) is 17.0 Å². The quantitative estimate of drug-likeness (QED) is 0.643. The van der Waals surface area contributed by atoms with Gasteiger partial charge in [0, 0.05) is 32.7 Å². The van der Waals surface area contributed by atoms with Gasteiger partial charge in [-0.05, 0) is 48.9 Å². The summed E-state index contributed by atoms with van der Waals surface area (Å²) in [5, 5.41) is 0. The van der Waals surface area contributed by atoms with Gasteiger partial charge in [0.1, 0.15) is 5.82 Å². The molecule has 0 saturated carbocycles. The molecule has 0 unspecified atom stereocenters. The molecule has 2 fully saturated rings. The van der Waals surface area contributed by atoms with E-state index < -0.39 is 5.92 Å². The molecule has 2 atom stereocenters. The van der Waals surface area contributed by atoms with Crippen molar-refractivity contribution in [2.75, 3.05) is 32.8 Å². The van der Waals surface area contributed by atoms with Crippen molar-refractivity contribution in [3.8, 4) is 0 Å². The lowest BCUT2D eigenvalue weighted by Gasteiger charge is -2.34. The molecule has 0 radical (unpaired) electrons. The summed E-state index contributed by atoms with van der Waals surface area (Å²) in [5.74, 6) is -0.925. The molecule has 4 rings (SSSR count). The third-order valence-corrected chi connectivity index (χ3v) is 6.70. The highest BCUT2D eigenvalue weighted by Gasteiger charge is 2.44. The molecule has 2 aliphatic rings. The van der Waals surface area contributed by atoms with Gasteiger partial charge in [0.2, 0.25) is 5.91 Å². The van der Waals surface area contributed by atoms with Crippen LogP contribution in [0.15, 0.2) is 54.6 Å². The third-order valence-electron chi connectivity index (χ3n) is 6.70. The lowest BCUT2D eigenvalue weighted by Crippen LogP contribution is -2.44. The fraction of sp³-hybridized carbons (Fsp3) is 0.462. The smallest absolute Gasteiger partial charge is 0.311 e. The van der Waals surface area contributed by atoms with E-state index in [0.29, 0.717) is 45.2 Å². The van der Waals surface area contributed by atoms with Crippen molar-refractivity contribution in [3.63, 3.8) is 0 Å². The van der Waals surface area contributed by atoms with Crippen LogP contribution < -0.4 is 0 Å². The normalized spacial score (nSPS) is 22.1. The fourth-order valence-electron chi connectivity index (χ4n) is 5.00. The SMILES string of the molecule is CCOC(=O)[C@@H]1CN(Cc2ccccc2)C[C@H]1C(=O)N1CCC(c2ccc(F)cc2)CC1. The van der Waals surface area contributed by atoms with E-state index in [4.69, 9.17) is 4.74 Å². The third kappa shape index (κ3) is 5.18. The molecular weight excluding hydrogens is 407 g/mol. The molecule has 5 nitrogen and oxygen atoms in total. The molecule has 0 N–H and O–H groups in total. The molecule has 32 heavy (non-hydrogen) atoms. The van der Waals surface area contributed by atoms with Gasteiger partial charge in [0.25, 0.3) is 0 Å². The van der Waals surface area contributed by atoms with Crippen LogP contribution >= 0.6 is 0 Å². The highest BCUT2D eigenvalue weighted by molar-refractivity contribution is 5.86. The Morgan fingerprint density at radius 1 is 0.969 bits per heavy atom. The molecule has 2 aromatic carbocycles. The van der Waals surface area contributed by atoms with E-state index in [1.54, 1.807) is 6.92 Å². The summed E-state index contributed by atoms with van der Waals surface area (Å²) < 4.78 is 18.5. The van der Waals surface area contributed by atoms with Gasteiger partial charge in [0.15, 0.2) is 0 Å². The summed E-state index contributed by atoms with van der Waals surface area (Å²) in [7, 11) is 0. The molecule has 0 bridgehead atoms. The lowest BCUT2D eigenvalue weighted by atomic mass is 9.88. The van der Waals surface area contributed by atoms with E-state index in [9.17, 15) is 14.0 Å². The second kappa shape index (κ2) is 10.3. The summed E-state index contributed by atoms with van der Waals surface area (Å²) >= 11 is 0. The number of nitrogens with zero attached hydrogens (tertiary/aromatic N) is 2. The Kier molecular flexibility index (Phi) is 7.20. The Labute approximate surface area is 189 Å². The molecule has 1 amide bonds. The number of carbonyl (C=O) groups excluding carboxylic acids is 2. The number of benzene rings is 2. The summed E-state index contributed by atoms with van der Waals surface area (Å²) in [5.41, 5.74) is 2.29. The first-order chi connectivity index (χ1) is 15.5. The van der Waals surface area contributed by atoms with Crippen LogP contribution in [0.5, 0.6) is 0 Å². The van der Waals surface area contributed by atoms with Crippen molar-refractivity contribution in [2.45, 2.75) is 32.2 Å². The summed E-state index contributed by atoms with van der Waals surface area (Å²) in [6.45, 7) is 5.25. The zero-order valence-electron chi connectivity index (χ0n) is 18.6. The van der Waals surface area contributed by atoms with Gasteiger partial charge in [-0.1, -0.05) is 42.5 Å². The maximum Gasteiger partial charge on any atom is 0.311 e. The van der Waals surface area contributed by atoms with Crippen LogP contribution in [0.3, 0.4) is 0 Å². The Morgan fingerprint density at radius 3 is 2.28 bits per heavy atom. The second-order valence-electron chi connectivity index (χ2n) is 8.80. The van der Waals surface area contributed by atoms with Crippen LogP contribution in [0.1, 0.15) is 36.8 Å². The Balaban J connectivity index is 1.40. The van der Waals surface area contributed by atoms with Gasteiger partial charge in [-0.15, -0.1) is 0 Å². The number of carbonyl (C=O) groups is 2. The van der Waals surface area contributed by atoms with Crippen molar-refractivity contribution in [2.24, 2.45) is 11.8 Å². The largest absolute Gasteiger partial charge is 0.466 e. The average Bonchev–Trinajstić information content (AvgIpc) is 3.24. The summed E-state index contributed by atoms with van der Waals surface area (Å²) in [6, 6.07) is 16.8. The molecular formula is C26H31FN2O3. The molecule has 2 heterocycles. The van der Waals surface area contributed by atoms with Crippen LogP contribution in [0.2, 0.25) is 0 Å². The number of halogens is 1. The van der Waals surface area contributed by atoms with Crippen LogP contribution in [0.25, 0.3) is 0 Å². The van der Waals surface area contributed by atoms with Gasteiger partial charge < -0.3 is 9.64 Å². The zero-order valence-corrected chi connectivity index (χ0v) is 18.6. The molecule has 2 aromatic rings. The topological polar surface area (TPSA) is 49.9 Å². The van der Waals surface area contributed by atoms with E-state index in [-0.39, 0.29) is 23.6 Å². The fourth-order valence-corrected chi connectivity index (χ4v) is 5.00. The number of amides is 1. The lowest BCUT2D eigenvalue weighted by molar-refractivity contribution is -0.153. The van der Waals surface area contributed by atoms with Crippen molar-refractivity contribution in [1.29, 1.82) is 0 Å². The minimum atomic E-state index is -0.430. The van der Waals surface area contributed by atoms with Crippen molar-refractivity contribution in [1.82, 2.24) is 9.80 Å². The van der Waals surface area contributed by atoms with E-state index in [1.165, 1.54) is 17.7 Å². The standard InChI is InChI=1S/C26H31FN2O3/c1-2-32-26(31)24-18-28(16-19-6-4-3-5-7-19)17-23(24)25(30)29-14-12-21(13-15-29)20-8-10-22(27)11-9-20/h3-11,21,23-24H,2,12-18H2,1H3/t23-,24-/m1/s1. The second-order valence-corrected chi connectivity index (χ2v) is 8.80. The number of piperidine rings is 1. The van der Waals surface area contributed by atoms with Crippen molar-refractivity contribution in [3.05, 3.63) is 71.5 Å². The van der Waals surface area contributed by atoms with Crippen molar-refractivity contribution >= 4 is 11.9 Å². The molecule has 170 valence electrons. The molecule has 0 aliphatic carbocycles. The van der Waals surface area contributed by atoms with E-state index >= 15 is 0 Å². The van der Waals surface area contributed by atoms with Gasteiger partial charge >= 0.3 is 5.97 Å². The Hall–Kier alpha value is -2.73. The number of likely N-dealkylation sites (tertiary alicyclic amines) is 2. The predicted molar refractivity (Wildman–Crippen MR) is 120 cm³/mol. The molecule has 0 spiro atoms. The van der Waals surface area contributed by atoms with E-state index in [0.717, 1.165) is 18.4 Å². The van der Waals surface area contributed by atoms with Gasteiger partial charge in [-0.3, -0.25) is 14.5 Å². The van der Waals surface area contributed by atoms with E-state index in [1.807, 2.05) is 35.2 Å². The number of hydrogen-bond donors (Lipinski definition) is 0. The summed E-state index contributed by atoms with van der Waals surface area (Å²) in [4.78, 5) is 30.2. The first-order valence-corrected chi connectivity index (χ1v) is 11.5. The first-order valence-electron chi connectivity index (χ1n) is 11.5. The van der Waals surface area contributed by atoms with Gasteiger partial charge in [0.05, 0.1) is 18.4 Å². The zero-order chi connectivity index (χ0) is 22.5. The van der Waals surface area contributed by atoms with Gasteiger partial charge in [-0.25, -0.2) is 4.39 Å². The number of esters is 1. The van der Waals surface area contributed by atoms with Crippen LogP contribution in [0, 0.1) is 17.7 Å². The number of hydrogen-bond acceptors (Lipinski definition) is 4.